The molecule has 0 radical (unpaired) electrons. The third kappa shape index (κ3) is 5.70. The van der Waals surface area contributed by atoms with E-state index in [1.54, 1.807) is 6.08 Å². The summed E-state index contributed by atoms with van der Waals surface area (Å²) in [5.74, 6) is -0.144. The summed E-state index contributed by atoms with van der Waals surface area (Å²) in [6.07, 6.45) is -0.995. The van der Waals surface area contributed by atoms with Gasteiger partial charge in [0.15, 0.2) is 0 Å². The van der Waals surface area contributed by atoms with E-state index in [0.29, 0.717) is 43.5 Å². The molecule has 0 aliphatic heterocycles. The van der Waals surface area contributed by atoms with Gasteiger partial charge in [0.1, 0.15) is 5.82 Å². The zero-order valence-corrected chi connectivity index (χ0v) is 15.2. The molecular weight excluding hydrogens is 371 g/mol. The molecule has 0 saturated heterocycles. The van der Waals surface area contributed by atoms with Crippen molar-refractivity contribution in [3.05, 3.63) is 48.2 Å². The van der Waals surface area contributed by atoms with E-state index in [-0.39, 0.29) is 23.2 Å². The van der Waals surface area contributed by atoms with E-state index in [4.69, 9.17) is 11.5 Å². The zero-order chi connectivity index (χ0) is 20.7. The second kappa shape index (κ2) is 9.20. The maximum absolute atomic E-state index is 13.0. The first-order chi connectivity index (χ1) is 13.2. The van der Waals surface area contributed by atoms with Gasteiger partial charge in [-0.15, -0.1) is 6.58 Å². The number of alkyl halides is 3. The first-order valence-electron chi connectivity index (χ1n) is 8.69. The molecule has 1 aromatic heterocycles. The Morgan fingerprint density at radius 1 is 1.25 bits per heavy atom. The van der Waals surface area contributed by atoms with Gasteiger partial charge in [-0.3, -0.25) is 4.79 Å². The van der Waals surface area contributed by atoms with E-state index in [1.807, 2.05) is 0 Å². The maximum Gasteiger partial charge on any atom is 0.416 e. The summed E-state index contributed by atoms with van der Waals surface area (Å²) >= 11 is 0. The summed E-state index contributed by atoms with van der Waals surface area (Å²) < 4.78 is 39.1. The normalized spacial score (nSPS) is 11.2. The van der Waals surface area contributed by atoms with E-state index < -0.39 is 11.7 Å². The second-order valence-electron chi connectivity index (χ2n) is 6.15. The predicted molar refractivity (Wildman–Crippen MR) is 102 cm³/mol. The van der Waals surface area contributed by atoms with Crippen molar-refractivity contribution in [1.82, 2.24) is 15.3 Å². The van der Waals surface area contributed by atoms with Crippen LogP contribution in [0, 0.1) is 0 Å². The van der Waals surface area contributed by atoms with Crippen molar-refractivity contribution in [1.29, 1.82) is 0 Å². The first-order valence-corrected chi connectivity index (χ1v) is 8.69. The standard InChI is InChI=1S/C19H22F3N5O/c1-2-3-9-15(28)25-10-5-8-14-16(17(23)27-18(24)26-14)12-6-4-7-13(11-12)19(20,21)22/h2,4,6-7,11H,1,3,5,8-10H2,(H,25,28)(H4,23,24,26,27). The quantitative estimate of drug-likeness (QED) is 0.471. The van der Waals surface area contributed by atoms with Crippen LogP contribution in [0.25, 0.3) is 11.1 Å². The molecule has 0 saturated carbocycles. The fourth-order valence-corrected chi connectivity index (χ4v) is 2.70. The molecule has 0 unspecified atom stereocenters. The molecule has 1 aromatic carbocycles. The Labute approximate surface area is 160 Å². The van der Waals surface area contributed by atoms with E-state index in [0.717, 1.165) is 12.1 Å². The Balaban J connectivity index is 2.20. The van der Waals surface area contributed by atoms with Gasteiger partial charge in [0.25, 0.3) is 0 Å². The number of halogens is 3. The molecule has 5 N–H and O–H groups in total. The van der Waals surface area contributed by atoms with Gasteiger partial charge in [0.2, 0.25) is 11.9 Å². The third-order valence-electron chi connectivity index (χ3n) is 4.00. The number of carbonyl (C=O) groups excluding carboxylic acids is 1. The molecule has 0 aliphatic rings. The smallest absolute Gasteiger partial charge is 0.383 e. The molecule has 1 heterocycles. The fourth-order valence-electron chi connectivity index (χ4n) is 2.70. The minimum atomic E-state index is -4.48. The lowest BCUT2D eigenvalue weighted by Crippen LogP contribution is -2.24. The number of rotatable bonds is 8. The average molecular weight is 393 g/mol. The highest BCUT2D eigenvalue weighted by Gasteiger charge is 2.31. The number of nitrogen functional groups attached to an aromatic ring is 2. The number of anilines is 2. The average Bonchev–Trinajstić information content (AvgIpc) is 2.62. The second-order valence-corrected chi connectivity index (χ2v) is 6.15. The van der Waals surface area contributed by atoms with Gasteiger partial charge in [-0.05, 0) is 37.0 Å². The number of hydrogen-bond acceptors (Lipinski definition) is 5. The van der Waals surface area contributed by atoms with Crippen molar-refractivity contribution in [3.8, 4) is 11.1 Å². The maximum atomic E-state index is 13.0. The van der Waals surface area contributed by atoms with Gasteiger partial charge in [0, 0.05) is 18.5 Å². The monoisotopic (exact) mass is 393 g/mol. The van der Waals surface area contributed by atoms with Gasteiger partial charge in [-0.2, -0.15) is 18.2 Å². The minimum Gasteiger partial charge on any atom is -0.383 e. The minimum absolute atomic E-state index is 0.0110. The number of hydrogen-bond donors (Lipinski definition) is 3. The number of nitrogens with two attached hydrogens (primary N) is 2. The van der Waals surface area contributed by atoms with Gasteiger partial charge >= 0.3 is 6.18 Å². The Hall–Kier alpha value is -3.10. The molecule has 1 amide bonds. The fraction of sp³-hybridized carbons (Fsp3) is 0.316. The van der Waals surface area contributed by atoms with Crippen LogP contribution in [-0.2, 0) is 17.4 Å². The number of aromatic nitrogens is 2. The van der Waals surface area contributed by atoms with E-state index in [9.17, 15) is 18.0 Å². The van der Waals surface area contributed by atoms with Crippen LogP contribution in [0.15, 0.2) is 36.9 Å². The Morgan fingerprint density at radius 2 is 2.00 bits per heavy atom. The molecule has 28 heavy (non-hydrogen) atoms. The highest BCUT2D eigenvalue weighted by Crippen LogP contribution is 2.35. The zero-order valence-electron chi connectivity index (χ0n) is 15.2. The SMILES string of the molecule is C=CCCC(=O)NCCCc1nc(N)nc(N)c1-c1cccc(C(F)(F)F)c1. The topological polar surface area (TPSA) is 107 Å². The van der Waals surface area contributed by atoms with Crippen LogP contribution in [0.5, 0.6) is 0 Å². The molecule has 0 spiro atoms. The molecule has 2 aromatic rings. The van der Waals surface area contributed by atoms with E-state index >= 15 is 0 Å². The predicted octanol–water partition coefficient (Wildman–Crippen LogP) is 3.34. The van der Waals surface area contributed by atoms with Crippen LogP contribution in [0.2, 0.25) is 0 Å². The van der Waals surface area contributed by atoms with Crippen LogP contribution < -0.4 is 16.8 Å². The Morgan fingerprint density at radius 3 is 2.68 bits per heavy atom. The van der Waals surface area contributed by atoms with Crippen molar-refractivity contribution in [3.63, 3.8) is 0 Å². The number of aryl methyl sites for hydroxylation is 1. The van der Waals surface area contributed by atoms with Crippen LogP contribution >= 0.6 is 0 Å². The van der Waals surface area contributed by atoms with Crippen LogP contribution in [0.3, 0.4) is 0 Å². The summed E-state index contributed by atoms with van der Waals surface area (Å²) in [5.41, 5.74) is 11.8. The first kappa shape index (κ1) is 21.2. The lowest BCUT2D eigenvalue weighted by molar-refractivity contribution is -0.137. The Bertz CT molecular complexity index is 852. The van der Waals surface area contributed by atoms with Crippen molar-refractivity contribution in [2.24, 2.45) is 0 Å². The van der Waals surface area contributed by atoms with Crippen LogP contribution in [0.4, 0.5) is 24.9 Å². The molecule has 6 nitrogen and oxygen atoms in total. The number of carbonyl (C=O) groups is 1. The molecule has 0 fully saturated rings. The van der Waals surface area contributed by atoms with Gasteiger partial charge in [-0.1, -0.05) is 18.2 Å². The molecule has 0 atom stereocenters. The molecule has 150 valence electrons. The molecular formula is C19H22F3N5O. The van der Waals surface area contributed by atoms with Crippen LogP contribution in [0.1, 0.15) is 30.5 Å². The molecule has 2 rings (SSSR count). The number of amides is 1. The summed E-state index contributed by atoms with van der Waals surface area (Å²) in [5, 5.41) is 2.76. The number of nitrogens with zero attached hydrogens (tertiary/aromatic N) is 2. The van der Waals surface area contributed by atoms with Gasteiger partial charge in [0.05, 0.1) is 11.3 Å². The van der Waals surface area contributed by atoms with Crippen molar-refractivity contribution in [2.75, 3.05) is 18.0 Å². The number of benzene rings is 1. The summed E-state index contributed by atoms with van der Waals surface area (Å²) in [4.78, 5) is 19.6. The molecule has 0 bridgehead atoms. The number of nitrogens with one attached hydrogen (secondary N) is 1. The third-order valence-corrected chi connectivity index (χ3v) is 4.00. The summed E-state index contributed by atoms with van der Waals surface area (Å²) in [6.45, 7) is 3.95. The molecule has 9 heteroatoms. The lowest BCUT2D eigenvalue weighted by atomic mass is 9.99. The van der Waals surface area contributed by atoms with Crippen molar-refractivity contribution < 1.29 is 18.0 Å². The van der Waals surface area contributed by atoms with Crippen molar-refractivity contribution >= 4 is 17.7 Å². The lowest BCUT2D eigenvalue weighted by Gasteiger charge is -2.14. The highest BCUT2D eigenvalue weighted by molar-refractivity contribution is 5.77. The van der Waals surface area contributed by atoms with Gasteiger partial charge < -0.3 is 16.8 Å². The molecule has 0 aliphatic carbocycles. The summed E-state index contributed by atoms with van der Waals surface area (Å²) in [6, 6.07) is 4.81. The van der Waals surface area contributed by atoms with Crippen LogP contribution in [-0.4, -0.2) is 22.4 Å². The summed E-state index contributed by atoms with van der Waals surface area (Å²) in [7, 11) is 0. The van der Waals surface area contributed by atoms with Crippen molar-refractivity contribution in [2.45, 2.75) is 31.9 Å². The van der Waals surface area contributed by atoms with Gasteiger partial charge in [-0.25, -0.2) is 4.98 Å². The van der Waals surface area contributed by atoms with E-state index in [1.165, 1.54) is 12.1 Å². The largest absolute Gasteiger partial charge is 0.416 e. The van der Waals surface area contributed by atoms with E-state index in [2.05, 4.69) is 21.9 Å². The number of allylic oxidation sites excluding steroid dienone is 1. The highest BCUT2D eigenvalue weighted by atomic mass is 19.4. The Kier molecular flexibility index (Phi) is 6.97.